The Morgan fingerprint density at radius 3 is 2.26 bits per heavy atom. The van der Waals surface area contributed by atoms with Crippen molar-refractivity contribution in [1.82, 2.24) is 0 Å². The van der Waals surface area contributed by atoms with Crippen LogP contribution in [0.3, 0.4) is 0 Å². The van der Waals surface area contributed by atoms with Crippen LogP contribution in [0.2, 0.25) is 0 Å². The summed E-state index contributed by atoms with van der Waals surface area (Å²) in [5.74, 6) is -2.97. The van der Waals surface area contributed by atoms with E-state index in [1.165, 1.54) is 5.56 Å². The zero-order valence-corrected chi connectivity index (χ0v) is 30.5. The first-order valence-electron chi connectivity index (χ1n) is 16.3. The summed E-state index contributed by atoms with van der Waals surface area (Å²) in [7, 11) is -6.26. The van der Waals surface area contributed by atoms with Crippen LogP contribution in [0.1, 0.15) is 114 Å². The van der Waals surface area contributed by atoms with Crippen molar-refractivity contribution >= 4 is 21.2 Å². The van der Waals surface area contributed by atoms with Crippen LogP contribution in [0.25, 0.3) is 0 Å². The Hall–Kier alpha value is -0.310. The number of benzene rings is 1. The Labute approximate surface area is 294 Å². The predicted molar refractivity (Wildman–Crippen MR) is 161 cm³/mol. The van der Waals surface area contributed by atoms with E-state index in [0.717, 1.165) is 82.6 Å². The third kappa shape index (κ3) is 10.1. The molecule has 46 heavy (non-hydrogen) atoms. The van der Waals surface area contributed by atoms with E-state index in [-0.39, 0.29) is 52.6 Å². The largest absolute Gasteiger partial charge is 1.00 e. The van der Waals surface area contributed by atoms with Crippen molar-refractivity contribution in [3.8, 4) is 5.75 Å². The van der Waals surface area contributed by atoms with E-state index in [1.807, 2.05) is 6.07 Å². The second kappa shape index (κ2) is 16.6. The Balaban J connectivity index is 0.00000576. The Bertz CT molecular complexity index is 1280. The Morgan fingerprint density at radius 1 is 0.978 bits per heavy atom. The molecule has 14 heteroatoms. The van der Waals surface area contributed by atoms with Crippen molar-refractivity contribution in [1.29, 1.82) is 0 Å². The van der Waals surface area contributed by atoms with Crippen molar-refractivity contribution in [2.45, 2.75) is 127 Å². The molecule has 1 aromatic carbocycles. The van der Waals surface area contributed by atoms with E-state index in [1.54, 1.807) is 12.1 Å². The number of aliphatic hydroxyl groups is 1. The third-order valence-electron chi connectivity index (χ3n) is 10.7. The predicted octanol–water partition coefficient (Wildman–Crippen LogP) is 4.82. The maximum absolute atomic E-state index is 13.0. The van der Waals surface area contributed by atoms with Gasteiger partial charge in [0, 0.05) is 28.7 Å². The van der Waals surface area contributed by atoms with Gasteiger partial charge in [-0.05, 0) is 104 Å². The number of hydrogen-bond donors (Lipinski definition) is 1. The molecule has 7 atom stereocenters. The van der Waals surface area contributed by atoms with Crippen molar-refractivity contribution in [2.75, 3.05) is 11.5 Å². The third-order valence-corrected chi connectivity index (χ3v) is 12.6. The summed E-state index contributed by atoms with van der Waals surface area (Å²) in [5, 5.41) is 10.9. The number of hydrogen-bond acceptors (Lipinski definition) is 6. The molecule has 1 unspecified atom stereocenters. The van der Waals surface area contributed by atoms with Crippen LogP contribution >= 0.6 is 0 Å². The van der Waals surface area contributed by atoms with Crippen LogP contribution < -0.4 is 33.7 Å². The van der Waals surface area contributed by atoms with Crippen LogP contribution in [0.4, 0.5) is 22.0 Å². The Kier molecular flexibility index (Phi) is 14.5. The molecule has 4 rings (SSSR count). The molecule has 0 radical (unpaired) electrons. The van der Waals surface area contributed by atoms with E-state index >= 15 is 0 Å². The summed E-state index contributed by atoms with van der Waals surface area (Å²) in [4.78, 5) is 0. The number of alkyl halides is 5. The molecule has 1 N–H and O–H groups in total. The molecule has 2 saturated carbocycles. The van der Waals surface area contributed by atoms with Crippen molar-refractivity contribution in [3.63, 3.8) is 0 Å². The van der Waals surface area contributed by atoms with Gasteiger partial charge in [0.25, 0.3) is 10.4 Å². The van der Waals surface area contributed by atoms with Crippen LogP contribution in [-0.4, -0.2) is 52.0 Å². The molecule has 3 aliphatic rings. The molecule has 0 aromatic heterocycles. The van der Waals surface area contributed by atoms with Crippen LogP contribution in [0, 0.1) is 23.2 Å². The minimum Gasteiger partial charge on any atom is -0.716 e. The number of aliphatic hydroxyl groups excluding tert-OH is 1. The van der Waals surface area contributed by atoms with E-state index in [4.69, 9.17) is 0 Å². The van der Waals surface area contributed by atoms with E-state index in [0.29, 0.717) is 35.8 Å². The van der Waals surface area contributed by atoms with Crippen molar-refractivity contribution in [3.05, 3.63) is 29.3 Å². The molecule has 6 nitrogen and oxygen atoms in total. The van der Waals surface area contributed by atoms with Gasteiger partial charge < -0.3 is 13.8 Å². The van der Waals surface area contributed by atoms with Crippen LogP contribution in [0.5, 0.6) is 5.75 Å². The molecule has 0 saturated heterocycles. The van der Waals surface area contributed by atoms with Gasteiger partial charge in [-0.25, -0.2) is 8.42 Å². The molecular formula is C32H46F5NaO6S2. The first kappa shape index (κ1) is 40.1. The van der Waals surface area contributed by atoms with Gasteiger partial charge in [0.2, 0.25) is 0 Å². The van der Waals surface area contributed by atoms with E-state index in [2.05, 4.69) is 11.1 Å². The summed E-state index contributed by atoms with van der Waals surface area (Å²) in [6.07, 6.45) is 4.44. The van der Waals surface area contributed by atoms with Gasteiger partial charge in [-0.15, -0.1) is 0 Å². The molecule has 0 bridgehead atoms. The average Bonchev–Trinajstić information content (AvgIpc) is 3.24. The molecule has 0 amide bonds. The second-order valence-corrected chi connectivity index (χ2v) is 16.3. The number of halogens is 5. The zero-order chi connectivity index (χ0) is 33.0. The fourth-order valence-corrected chi connectivity index (χ4v) is 9.98. The maximum atomic E-state index is 13.0. The zero-order valence-electron chi connectivity index (χ0n) is 26.8. The van der Waals surface area contributed by atoms with Crippen molar-refractivity contribution < 1.29 is 78.0 Å². The molecule has 3 aliphatic carbocycles. The van der Waals surface area contributed by atoms with Gasteiger partial charge >= 0.3 is 41.7 Å². The molecule has 0 spiro atoms. The summed E-state index contributed by atoms with van der Waals surface area (Å²) < 4.78 is 113. The van der Waals surface area contributed by atoms with Gasteiger partial charge in [0.05, 0.1) is 6.10 Å². The molecule has 2 fully saturated rings. The maximum Gasteiger partial charge on any atom is 1.00 e. The average molecular weight is 709 g/mol. The summed E-state index contributed by atoms with van der Waals surface area (Å²) in [5.41, 5.74) is 2.15. The van der Waals surface area contributed by atoms with E-state index in [9.17, 15) is 44.2 Å². The fourth-order valence-electron chi connectivity index (χ4n) is 8.44. The first-order valence-corrected chi connectivity index (χ1v) is 19.1. The summed E-state index contributed by atoms with van der Waals surface area (Å²) >= 11 is 0. The summed E-state index contributed by atoms with van der Waals surface area (Å²) in [6, 6.07) is 5.19. The van der Waals surface area contributed by atoms with Gasteiger partial charge in [-0.1, -0.05) is 51.5 Å². The van der Waals surface area contributed by atoms with Crippen LogP contribution in [0.15, 0.2) is 18.2 Å². The molecule has 0 aliphatic heterocycles. The standard InChI is InChI=1S/C32H47F5O6S2.Na/c1-30-17-15-26-25-12-11-24(43-45(40,41)42)21-23(25)20-22(29(26)27(30)13-14-28(30)38)10-7-5-3-2-4-6-8-18-44(39)19-9-16-31(33,34)32(35,36)37;/h11-12,21-22,26-29,38H,2-10,13-20H2,1H3,(H,40,41,42);/q;+1/p-1/t22-,26-,27+,28+,29-,30+,44?;/m0./s1. The molecular weight excluding hydrogens is 662 g/mol. The normalized spacial score (nSPS) is 28.5. The Morgan fingerprint density at radius 2 is 1.61 bits per heavy atom. The van der Waals surface area contributed by atoms with Crippen LogP contribution in [-0.2, 0) is 27.6 Å². The molecule has 0 heterocycles. The smallest absolute Gasteiger partial charge is 0.716 e. The monoisotopic (exact) mass is 708 g/mol. The van der Waals surface area contributed by atoms with Gasteiger partial charge in [0.15, 0.2) is 0 Å². The summed E-state index contributed by atoms with van der Waals surface area (Å²) in [6.45, 7) is 2.23. The number of unbranched alkanes of at least 4 members (excludes halogenated alkanes) is 6. The first-order chi connectivity index (χ1) is 21.0. The van der Waals surface area contributed by atoms with Gasteiger partial charge in [-0.3, -0.25) is 4.21 Å². The number of fused-ring (bicyclic) bond motifs is 5. The minimum atomic E-state index is -5.57. The quantitative estimate of drug-likeness (QED) is 0.0869. The van der Waals surface area contributed by atoms with Gasteiger partial charge in [0.1, 0.15) is 5.75 Å². The minimum absolute atomic E-state index is 0. The molecule has 258 valence electrons. The topological polar surface area (TPSA) is 104 Å². The van der Waals surface area contributed by atoms with E-state index < -0.39 is 46.1 Å². The van der Waals surface area contributed by atoms with Crippen molar-refractivity contribution in [2.24, 2.45) is 23.2 Å². The molecule has 1 aromatic rings. The second-order valence-electron chi connectivity index (χ2n) is 13.7. The van der Waals surface area contributed by atoms with Gasteiger partial charge in [-0.2, -0.15) is 22.0 Å². The fraction of sp³-hybridized carbons (Fsp3) is 0.812. The number of rotatable bonds is 16. The SMILES string of the molecule is C[C@@]12CC[C@H]3c4ccc(OS(=O)(=O)[O-])cc4C[C@H](CCCCCCCCCS(=O)CCCC(F)(F)C(F)(F)F)[C@@H]3[C@H]1CC[C@H]2O.[Na+].